The lowest BCUT2D eigenvalue weighted by atomic mass is 9.80. The van der Waals surface area contributed by atoms with E-state index in [1.165, 1.54) is 19.3 Å². The summed E-state index contributed by atoms with van der Waals surface area (Å²) in [6, 6.07) is 5.37. The molecule has 1 heterocycles. The van der Waals surface area contributed by atoms with Gasteiger partial charge in [0, 0.05) is 5.02 Å². The number of ketones is 1. The van der Waals surface area contributed by atoms with Crippen LogP contribution in [0.1, 0.15) is 61.7 Å². The number of hydrogen-bond donors (Lipinski definition) is 0. The first-order chi connectivity index (χ1) is 9.19. The molecule has 0 saturated heterocycles. The minimum Gasteiger partial charge on any atom is -0.486 e. The Labute approximate surface area is 119 Å². The van der Waals surface area contributed by atoms with Gasteiger partial charge in [0.25, 0.3) is 0 Å². The number of rotatable bonds is 0. The van der Waals surface area contributed by atoms with Crippen LogP contribution in [-0.2, 0) is 0 Å². The van der Waals surface area contributed by atoms with Gasteiger partial charge in [-0.05, 0) is 43.9 Å². The van der Waals surface area contributed by atoms with E-state index in [1.54, 1.807) is 12.1 Å². The molecule has 0 unspecified atom stereocenters. The number of carbonyl (C=O) groups excluding carboxylic acids is 1. The number of Topliss-reactive ketones (excluding diaryl/α,β-unsaturated/α-hetero) is 1. The molecule has 0 amide bonds. The van der Waals surface area contributed by atoms with Crippen LogP contribution in [0.3, 0.4) is 0 Å². The van der Waals surface area contributed by atoms with E-state index in [9.17, 15) is 4.79 Å². The van der Waals surface area contributed by atoms with E-state index in [-0.39, 0.29) is 11.4 Å². The fourth-order valence-electron chi connectivity index (χ4n) is 3.29. The predicted molar refractivity (Wildman–Crippen MR) is 76.1 cm³/mol. The molecule has 0 aromatic heterocycles. The van der Waals surface area contributed by atoms with Crippen molar-refractivity contribution in [1.82, 2.24) is 0 Å². The van der Waals surface area contributed by atoms with Gasteiger partial charge in [0.05, 0.1) is 12.0 Å². The predicted octanol–water partition coefficient (Wildman–Crippen LogP) is 4.79. The van der Waals surface area contributed by atoms with Crippen LogP contribution in [0.4, 0.5) is 0 Å². The zero-order valence-electron chi connectivity index (χ0n) is 11.1. The second kappa shape index (κ2) is 5.16. The Morgan fingerprint density at radius 1 is 1.05 bits per heavy atom. The van der Waals surface area contributed by atoms with Crippen molar-refractivity contribution in [1.29, 1.82) is 0 Å². The Kier molecular flexibility index (Phi) is 3.53. The molecule has 1 spiro atoms. The van der Waals surface area contributed by atoms with E-state index in [4.69, 9.17) is 16.3 Å². The molecule has 1 aromatic carbocycles. The highest BCUT2D eigenvalue weighted by Gasteiger charge is 2.40. The minimum absolute atomic E-state index is 0.185. The van der Waals surface area contributed by atoms with Gasteiger partial charge in [0.2, 0.25) is 0 Å². The van der Waals surface area contributed by atoms with Crippen LogP contribution in [-0.4, -0.2) is 11.4 Å². The molecule has 1 aromatic rings. The van der Waals surface area contributed by atoms with Crippen LogP contribution in [0.25, 0.3) is 0 Å². The van der Waals surface area contributed by atoms with Crippen LogP contribution in [0, 0.1) is 0 Å². The van der Waals surface area contributed by atoms with Crippen molar-refractivity contribution >= 4 is 17.4 Å². The lowest BCUT2D eigenvalue weighted by Crippen LogP contribution is -2.42. The highest BCUT2D eigenvalue weighted by atomic mass is 35.5. The molecule has 3 heteroatoms. The Balaban J connectivity index is 1.90. The molecular formula is C16H19ClO2. The van der Waals surface area contributed by atoms with Gasteiger partial charge in [-0.25, -0.2) is 0 Å². The van der Waals surface area contributed by atoms with Crippen LogP contribution >= 0.6 is 11.6 Å². The number of benzene rings is 1. The topological polar surface area (TPSA) is 26.3 Å². The Hall–Kier alpha value is -1.02. The van der Waals surface area contributed by atoms with Gasteiger partial charge in [-0.15, -0.1) is 0 Å². The molecule has 0 N–H and O–H groups in total. The van der Waals surface area contributed by atoms with Crippen molar-refractivity contribution in [2.24, 2.45) is 0 Å². The maximum Gasteiger partial charge on any atom is 0.170 e. The molecule has 2 nitrogen and oxygen atoms in total. The van der Waals surface area contributed by atoms with Crippen LogP contribution in [0.2, 0.25) is 5.02 Å². The summed E-state index contributed by atoms with van der Waals surface area (Å²) in [6.07, 6.45) is 8.67. The van der Waals surface area contributed by atoms with Gasteiger partial charge in [-0.1, -0.05) is 30.9 Å². The number of carbonyl (C=O) groups is 1. The van der Waals surface area contributed by atoms with Crippen LogP contribution in [0.5, 0.6) is 5.75 Å². The largest absolute Gasteiger partial charge is 0.486 e. The van der Waals surface area contributed by atoms with Crippen LogP contribution < -0.4 is 4.74 Å². The summed E-state index contributed by atoms with van der Waals surface area (Å²) in [5.74, 6) is 0.908. The summed E-state index contributed by atoms with van der Waals surface area (Å²) in [5.41, 5.74) is 0.401. The fourth-order valence-corrected chi connectivity index (χ4v) is 3.47. The van der Waals surface area contributed by atoms with Crippen molar-refractivity contribution in [3.05, 3.63) is 28.8 Å². The Bertz CT molecular complexity index is 488. The third kappa shape index (κ3) is 2.64. The Morgan fingerprint density at radius 2 is 1.74 bits per heavy atom. The molecule has 19 heavy (non-hydrogen) atoms. The summed E-state index contributed by atoms with van der Waals surface area (Å²) >= 11 is 5.96. The lowest BCUT2D eigenvalue weighted by molar-refractivity contribution is 0.0215. The molecule has 3 rings (SSSR count). The molecular weight excluding hydrogens is 260 g/mol. The molecule has 1 saturated carbocycles. The number of fused-ring (bicyclic) bond motifs is 1. The molecule has 1 aliphatic heterocycles. The zero-order chi connectivity index (χ0) is 13.3. The van der Waals surface area contributed by atoms with Gasteiger partial charge in [-0.3, -0.25) is 4.79 Å². The van der Waals surface area contributed by atoms with Gasteiger partial charge in [0.1, 0.15) is 11.4 Å². The van der Waals surface area contributed by atoms with E-state index in [0.717, 1.165) is 31.4 Å². The SMILES string of the molecule is O=C1CC2(CCCCCCC2)Oc2ccc(Cl)cc21. The van der Waals surface area contributed by atoms with E-state index >= 15 is 0 Å². The average Bonchev–Trinajstić information content (AvgIpc) is 2.36. The third-order valence-corrected chi connectivity index (χ3v) is 4.55. The highest BCUT2D eigenvalue weighted by molar-refractivity contribution is 6.31. The lowest BCUT2D eigenvalue weighted by Gasteiger charge is -2.39. The monoisotopic (exact) mass is 278 g/mol. The average molecular weight is 279 g/mol. The van der Waals surface area contributed by atoms with Crippen molar-refractivity contribution in [3.63, 3.8) is 0 Å². The molecule has 0 radical (unpaired) electrons. The number of ether oxygens (including phenoxy) is 1. The van der Waals surface area contributed by atoms with Crippen molar-refractivity contribution < 1.29 is 9.53 Å². The summed E-state index contributed by atoms with van der Waals surface area (Å²) in [7, 11) is 0. The van der Waals surface area contributed by atoms with Gasteiger partial charge >= 0.3 is 0 Å². The molecule has 1 fully saturated rings. The van der Waals surface area contributed by atoms with Crippen molar-refractivity contribution in [2.45, 2.75) is 57.0 Å². The first-order valence-electron chi connectivity index (χ1n) is 7.20. The zero-order valence-corrected chi connectivity index (χ0v) is 11.8. The summed E-state index contributed by atoms with van der Waals surface area (Å²) < 4.78 is 6.24. The summed E-state index contributed by atoms with van der Waals surface area (Å²) in [4.78, 5) is 12.4. The summed E-state index contributed by atoms with van der Waals surface area (Å²) in [6.45, 7) is 0. The standard InChI is InChI=1S/C16H19ClO2/c17-12-6-7-15-13(10-12)14(18)11-16(19-15)8-4-2-1-3-5-9-16/h6-7,10H,1-5,8-9,11H2. The third-order valence-electron chi connectivity index (χ3n) is 4.32. The molecule has 2 aliphatic rings. The molecule has 1 aliphatic carbocycles. The van der Waals surface area contributed by atoms with E-state index < -0.39 is 0 Å². The van der Waals surface area contributed by atoms with Crippen molar-refractivity contribution in [2.75, 3.05) is 0 Å². The minimum atomic E-state index is -0.252. The van der Waals surface area contributed by atoms with Gasteiger partial charge in [-0.2, -0.15) is 0 Å². The smallest absolute Gasteiger partial charge is 0.170 e. The second-order valence-electron chi connectivity index (χ2n) is 5.79. The van der Waals surface area contributed by atoms with E-state index in [2.05, 4.69) is 0 Å². The van der Waals surface area contributed by atoms with Crippen LogP contribution in [0.15, 0.2) is 18.2 Å². The second-order valence-corrected chi connectivity index (χ2v) is 6.23. The van der Waals surface area contributed by atoms with Gasteiger partial charge in [0.15, 0.2) is 5.78 Å². The first-order valence-corrected chi connectivity index (χ1v) is 7.58. The molecule has 0 atom stereocenters. The quantitative estimate of drug-likeness (QED) is 0.682. The van der Waals surface area contributed by atoms with Crippen molar-refractivity contribution in [3.8, 4) is 5.75 Å². The first kappa shape index (κ1) is 13.0. The number of halogens is 1. The van der Waals surface area contributed by atoms with Gasteiger partial charge < -0.3 is 4.74 Å². The fraction of sp³-hybridized carbons (Fsp3) is 0.562. The molecule has 102 valence electrons. The molecule has 0 bridgehead atoms. The Morgan fingerprint density at radius 3 is 2.47 bits per heavy atom. The summed E-state index contributed by atoms with van der Waals surface area (Å²) in [5, 5.41) is 0.601. The normalized spacial score (nSPS) is 22.3. The van der Waals surface area contributed by atoms with E-state index in [0.29, 0.717) is 17.0 Å². The van der Waals surface area contributed by atoms with E-state index in [1.807, 2.05) is 6.07 Å². The maximum atomic E-state index is 12.4. The number of hydrogen-bond acceptors (Lipinski definition) is 2. The highest BCUT2D eigenvalue weighted by Crippen LogP contribution is 2.41. The maximum absolute atomic E-state index is 12.4.